The lowest BCUT2D eigenvalue weighted by Crippen LogP contribution is -2.17. The van der Waals surface area contributed by atoms with Crippen molar-refractivity contribution in [1.82, 2.24) is 0 Å². The van der Waals surface area contributed by atoms with Crippen LogP contribution in [0, 0.1) is 0 Å². The first-order chi connectivity index (χ1) is 8.08. The Morgan fingerprint density at radius 2 is 1.65 bits per heavy atom. The minimum absolute atomic E-state index is 0.0641. The summed E-state index contributed by atoms with van der Waals surface area (Å²) < 4.78 is 9.45. The fourth-order valence-electron chi connectivity index (χ4n) is 0.744. The average molecular weight is 254 g/mol. The highest BCUT2D eigenvalue weighted by molar-refractivity contribution is 5.66. The lowest BCUT2D eigenvalue weighted by Gasteiger charge is -2.08. The molecule has 104 valence electrons. The number of methoxy groups -OCH3 is 1. The van der Waals surface area contributed by atoms with Crippen molar-refractivity contribution < 1.29 is 34.3 Å². The molecule has 2 N–H and O–H groups in total. The van der Waals surface area contributed by atoms with Gasteiger partial charge in [-0.15, -0.1) is 0 Å². The van der Waals surface area contributed by atoms with Crippen LogP contribution in [0.15, 0.2) is 0 Å². The van der Waals surface area contributed by atoms with E-state index in [0.29, 0.717) is 6.61 Å². The largest absolute Gasteiger partial charge is 0.460 e. The molecule has 0 saturated carbocycles. The average Bonchev–Trinajstić information content (AvgIpc) is 2.25. The Labute approximate surface area is 101 Å². The van der Waals surface area contributed by atoms with Gasteiger partial charge in [-0.3, -0.25) is 4.79 Å². The van der Waals surface area contributed by atoms with Crippen molar-refractivity contribution in [3.8, 4) is 0 Å². The van der Waals surface area contributed by atoms with E-state index in [1.165, 1.54) is 6.92 Å². The van der Waals surface area contributed by atoms with Gasteiger partial charge in [0.2, 0.25) is 0 Å². The number of hydrogen-bond acceptors (Lipinski definition) is 7. The van der Waals surface area contributed by atoms with E-state index < -0.39 is 0 Å². The van der Waals surface area contributed by atoms with Crippen LogP contribution in [-0.4, -0.2) is 62.4 Å². The molecule has 1 unspecified atom stereocenters. The van der Waals surface area contributed by atoms with E-state index in [0.717, 1.165) is 0 Å². The molecule has 0 aromatic heterocycles. The van der Waals surface area contributed by atoms with E-state index in [4.69, 9.17) is 19.7 Å². The quantitative estimate of drug-likeness (QED) is 0.261. The molecule has 0 fully saturated rings. The molecule has 17 heavy (non-hydrogen) atoms. The van der Waals surface area contributed by atoms with Crippen LogP contribution in [0.25, 0.3) is 0 Å². The van der Waals surface area contributed by atoms with E-state index in [1.54, 1.807) is 14.0 Å². The minimum Gasteiger partial charge on any atom is -0.460 e. The highest BCUT2D eigenvalue weighted by Crippen LogP contribution is 1.90. The molecule has 0 amide bonds. The summed E-state index contributed by atoms with van der Waals surface area (Å²) in [6, 6.07) is 0. The van der Waals surface area contributed by atoms with Crippen molar-refractivity contribution in [1.29, 1.82) is 0 Å². The summed E-state index contributed by atoms with van der Waals surface area (Å²) in [5, 5.41) is 16.2. The summed E-state index contributed by atoms with van der Waals surface area (Å²) in [4.78, 5) is 18.9. The minimum atomic E-state index is -0.264. The molecule has 0 aromatic carbocycles. The SMILES string of the molecule is COCC(C)OC(C)=O.OCCOOCCO. The van der Waals surface area contributed by atoms with Gasteiger partial charge in [-0.25, -0.2) is 9.78 Å². The van der Waals surface area contributed by atoms with E-state index >= 15 is 0 Å². The zero-order valence-corrected chi connectivity index (χ0v) is 10.5. The topological polar surface area (TPSA) is 94.5 Å². The summed E-state index contributed by atoms with van der Waals surface area (Å²) in [6.07, 6.45) is -0.132. The van der Waals surface area contributed by atoms with E-state index in [-0.39, 0.29) is 38.5 Å². The van der Waals surface area contributed by atoms with Crippen molar-refractivity contribution in [3.63, 3.8) is 0 Å². The molecule has 0 heterocycles. The molecule has 7 nitrogen and oxygen atoms in total. The third-order valence-electron chi connectivity index (χ3n) is 1.20. The maximum atomic E-state index is 10.3. The van der Waals surface area contributed by atoms with E-state index in [9.17, 15) is 4.79 Å². The Bertz CT molecular complexity index is 157. The Kier molecular flexibility index (Phi) is 16.7. The van der Waals surface area contributed by atoms with Crippen LogP contribution in [0.1, 0.15) is 13.8 Å². The van der Waals surface area contributed by atoms with Gasteiger partial charge < -0.3 is 19.7 Å². The van der Waals surface area contributed by atoms with Gasteiger partial charge in [-0.2, -0.15) is 0 Å². The molecule has 0 bridgehead atoms. The molecule has 7 heteroatoms. The second-order valence-electron chi connectivity index (χ2n) is 2.97. The summed E-state index contributed by atoms with van der Waals surface area (Å²) in [5.41, 5.74) is 0. The predicted molar refractivity (Wildman–Crippen MR) is 59.2 cm³/mol. The highest BCUT2D eigenvalue weighted by atomic mass is 17.2. The first-order valence-electron chi connectivity index (χ1n) is 5.20. The van der Waals surface area contributed by atoms with Gasteiger partial charge in [-0.05, 0) is 6.92 Å². The molecule has 0 aliphatic rings. The zero-order chi connectivity index (χ0) is 13.5. The van der Waals surface area contributed by atoms with Crippen LogP contribution >= 0.6 is 0 Å². The first-order valence-corrected chi connectivity index (χ1v) is 5.20. The maximum absolute atomic E-state index is 10.3. The Hall–Kier alpha value is -0.730. The molecule has 0 rings (SSSR count). The van der Waals surface area contributed by atoms with Crippen LogP contribution in [0.2, 0.25) is 0 Å². The predicted octanol–water partition coefficient (Wildman–Crippen LogP) is -0.496. The number of aliphatic hydroxyl groups excluding tert-OH is 2. The lowest BCUT2D eigenvalue weighted by atomic mass is 10.4. The number of carbonyl (C=O) groups is 1. The number of rotatable bonds is 8. The molecular formula is C10H22O7. The maximum Gasteiger partial charge on any atom is 0.302 e. The van der Waals surface area contributed by atoms with E-state index in [2.05, 4.69) is 9.78 Å². The molecule has 1 atom stereocenters. The van der Waals surface area contributed by atoms with Gasteiger partial charge in [0.25, 0.3) is 0 Å². The summed E-state index contributed by atoms with van der Waals surface area (Å²) in [7, 11) is 1.57. The monoisotopic (exact) mass is 254 g/mol. The Balaban J connectivity index is 0. The summed E-state index contributed by atoms with van der Waals surface area (Å²) >= 11 is 0. The van der Waals surface area contributed by atoms with Crippen LogP contribution in [0.3, 0.4) is 0 Å². The van der Waals surface area contributed by atoms with Gasteiger partial charge in [0.1, 0.15) is 19.3 Å². The zero-order valence-electron chi connectivity index (χ0n) is 10.5. The molecular weight excluding hydrogens is 232 g/mol. The molecule has 0 spiro atoms. The number of hydrogen-bond donors (Lipinski definition) is 2. The second-order valence-corrected chi connectivity index (χ2v) is 2.97. The van der Waals surface area contributed by atoms with Gasteiger partial charge in [-0.1, -0.05) is 0 Å². The second kappa shape index (κ2) is 15.3. The van der Waals surface area contributed by atoms with Crippen molar-refractivity contribution in [3.05, 3.63) is 0 Å². The summed E-state index contributed by atoms with van der Waals surface area (Å²) in [6.45, 7) is 3.80. The number of carbonyl (C=O) groups excluding carboxylic acids is 1. The molecule has 0 radical (unpaired) electrons. The fraction of sp³-hybridized carbons (Fsp3) is 0.900. The molecule has 0 aromatic rings. The lowest BCUT2D eigenvalue weighted by molar-refractivity contribution is -0.300. The van der Waals surface area contributed by atoms with Gasteiger partial charge in [0.05, 0.1) is 19.8 Å². The highest BCUT2D eigenvalue weighted by Gasteiger charge is 2.02. The third kappa shape index (κ3) is 21.2. The number of aliphatic hydroxyl groups is 2. The van der Waals surface area contributed by atoms with Crippen molar-refractivity contribution in [2.75, 3.05) is 40.1 Å². The van der Waals surface area contributed by atoms with Crippen LogP contribution < -0.4 is 0 Å². The number of esters is 1. The molecule has 0 saturated heterocycles. The molecule has 0 aliphatic heterocycles. The van der Waals surface area contributed by atoms with Crippen molar-refractivity contribution in [2.24, 2.45) is 0 Å². The first kappa shape index (κ1) is 18.6. The Morgan fingerprint density at radius 1 is 1.18 bits per heavy atom. The van der Waals surface area contributed by atoms with Crippen molar-refractivity contribution >= 4 is 5.97 Å². The van der Waals surface area contributed by atoms with Gasteiger partial charge in [0, 0.05) is 14.0 Å². The van der Waals surface area contributed by atoms with Gasteiger partial charge >= 0.3 is 5.97 Å². The smallest absolute Gasteiger partial charge is 0.302 e. The van der Waals surface area contributed by atoms with Crippen LogP contribution in [0.4, 0.5) is 0 Å². The number of ether oxygens (including phenoxy) is 2. The van der Waals surface area contributed by atoms with Crippen molar-refractivity contribution in [2.45, 2.75) is 20.0 Å². The fourth-order valence-corrected chi connectivity index (χ4v) is 0.744. The van der Waals surface area contributed by atoms with Crippen LogP contribution in [0.5, 0.6) is 0 Å². The standard InChI is InChI=1S/C6H12O3.C4H10O4/c1-5(4-8-3)9-6(2)7;5-1-3-7-8-4-2-6/h5H,4H2,1-3H3;5-6H,1-4H2. The Morgan fingerprint density at radius 3 is 1.94 bits per heavy atom. The van der Waals surface area contributed by atoms with Gasteiger partial charge in [0.15, 0.2) is 0 Å². The van der Waals surface area contributed by atoms with Crippen LogP contribution in [-0.2, 0) is 24.0 Å². The normalized spacial score (nSPS) is 11.4. The van der Waals surface area contributed by atoms with E-state index in [1.807, 2.05) is 0 Å². The third-order valence-corrected chi connectivity index (χ3v) is 1.20. The summed E-state index contributed by atoms with van der Waals surface area (Å²) in [5.74, 6) is -0.264. The molecule has 0 aliphatic carbocycles.